The molecule has 5 heteroatoms. The molecular formula is C23H33NO4. The Morgan fingerprint density at radius 3 is 2.54 bits per heavy atom. The van der Waals surface area contributed by atoms with Gasteiger partial charge in [0, 0.05) is 19.5 Å². The Morgan fingerprint density at radius 2 is 1.79 bits per heavy atom. The van der Waals surface area contributed by atoms with Gasteiger partial charge in [0.15, 0.2) is 0 Å². The van der Waals surface area contributed by atoms with Gasteiger partial charge in [-0.05, 0) is 49.7 Å². The topological polar surface area (TPSA) is 55.8 Å². The zero-order valence-corrected chi connectivity index (χ0v) is 17.2. The fraction of sp³-hybridized carbons (Fsp3) is 0.652. The van der Waals surface area contributed by atoms with Crippen molar-refractivity contribution in [2.75, 3.05) is 26.3 Å². The molecule has 0 atom stereocenters. The number of fused-ring (bicyclic) bond motifs is 1. The smallest absolute Gasteiger partial charge is 0.312 e. The largest absolute Gasteiger partial charge is 0.490 e. The third-order valence-electron chi connectivity index (χ3n) is 5.99. The number of amides is 1. The second-order valence-corrected chi connectivity index (χ2v) is 8.56. The SMILES string of the molecule is CC(C)CC(=O)N1CCC2(CCCCc3ccccc3OCCOC2=O)CC1. The highest BCUT2D eigenvalue weighted by Gasteiger charge is 2.43. The van der Waals surface area contributed by atoms with Gasteiger partial charge in [-0.25, -0.2) is 0 Å². The van der Waals surface area contributed by atoms with Crippen molar-refractivity contribution in [2.24, 2.45) is 11.3 Å². The Kier molecular flexibility index (Phi) is 6.97. The summed E-state index contributed by atoms with van der Waals surface area (Å²) in [5, 5.41) is 0. The van der Waals surface area contributed by atoms with Crippen molar-refractivity contribution in [3.8, 4) is 5.75 Å². The van der Waals surface area contributed by atoms with Gasteiger partial charge in [0.25, 0.3) is 0 Å². The summed E-state index contributed by atoms with van der Waals surface area (Å²) >= 11 is 0. The lowest BCUT2D eigenvalue weighted by molar-refractivity contribution is -0.162. The summed E-state index contributed by atoms with van der Waals surface area (Å²) in [6, 6.07) is 8.11. The molecule has 3 rings (SSSR count). The van der Waals surface area contributed by atoms with Crippen LogP contribution >= 0.6 is 0 Å². The Labute approximate surface area is 168 Å². The van der Waals surface area contributed by atoms with Crippen molar-refractivity contribution >= 4 is 11.9 Å². The van der Waals surface area contributed by atoms with E-state index in [4.69, 9.17) is 9.47 Å². The first-order valence-corrected chi connectivity index (χ1v) is 10.7. The van der Waals surface area contributed by atoms with Crippen LogP contribution in [0.5, 0.6) is 5.75 Å². The maximum absolute atomic E-state index is 12.9. The molecule has 1 aromatic carbocycles. The van der Waals surface area contributed by atoms with Gasteiger partial charge >= 0.3 is 5.97 Å². The number of aryl methyl sites for hydroxylation is 1. The Balaban J connectivity index is 1.64. The molecular weight excluding hydrogens is 354 g/mol. The Bertz CT molecular complexity index is 677. The van der Waals surface area contributed by atoms with Gasteiger partial charge in [-0.15, -0.1) is 0 Å². The standard InChI is InChI=1S/C23H33NO4/c1-18(2)17-21(25)24-13-11-23(12-14-24)10-6-5-8-19-7-3-4-9-20(19)27-15-16-28-22(23)26/h3-4,7,9,18H,5-6,8,10-17H2,1-2H3. The van der Waals surface area contributed by atoms with Crippen molar-refractivity contribution in [3.05, 3.63) is 29.8 Å². The number of esters is 1. The third-order valence-corrected chi connectivity index (χ3v) is 5.99. The number of cyclic esters (lactones) is 1. The minimum absolute atomic E-state index is 0.110. The van der Waals surface area contributed by atoms with Gasteiger partial charge in [0.1, 0.15) is 19.0 Å². The van der Waals surface area contributed by atoms with Crippen LogP contribution in [0, 0.1) is 11.3 Å². The molecule has 0 unspecified atom stereocenters. The first-order chi connectivity index (χ1) is 13.5. The van der Waals surface area contributed by atoms with E-state index in [2.05, 4.69) is 19.9 Å². The summed E-state index contributed by atoms with van der Waals surface area (Å²) in [4.78, 5) is 27.2. The minimum atomic E-state index is -0.451. The van der Waals surface area contributed by atoms with Gasteiger partial charge in [-0.3, -0.25) is 9.59 Å². The van der Waals surface area contributed by atoms with Crippen LogP contribution in [0.25, 0.3) is 0 Å². The highest BCUT2D eigenvalue weighted by atomic mass is 16.6. The van der Waals surface area contributed by atoms with Crippen LogP contribution in [0.2, 0.25) is 0 Å². The van der Waals surface area contributed by atoms with Crippen LogP contribution in [0.3, 0.4) is 0 Å². The molecule has 1 saturated heterocycles. The molecule has 0 N–H and O–H groups in total. The summed E-state index contributed by atoms with van der Waals surface area (Å²) in [6.07, 6.45) is 5.77. The van der Waals surface area contributed by atoms with Crippen LogP contribution in [0.4, 0.5) is 0 Å². The number of likely N-dealkylation sites (tertiary alicyclic amines) is 1. The molecule has 1 fully saturated rings. The summed E-state index contributed by atoms with van der Waals surface area (Å²) in [5.41, 5.74) is 0.769. The number of piperidine rings is 1. The van der Waals surface area contributed by atoms with Crippen molar-refractivity contribution < 1.29 is 19.1 Å². The van der Waals surface area contributed by atoms with Crippen LogP contribution in [0.1, 0.15) is 57.9 Å². The first kappa shape index (κ1) is 20.7. The predicted octanol–water partition coefficient (Wildman–Crippen LogP) is 3.99. The molecule has 28 heavy (non-hydrogen) atoms. The fourth-order valence-corrected chi connectivity index (χ4v) is 4.29. The molecule has 2 heterocycles. The van der Waals surface area contributed by atoms with Gasteiger partial charge in [0.05, 0.1) is 5.41 Å². The van der Waals surface area contributed by atoms with E-state index in [1.54, 1.807) is 0 Å². The highest BCUT2D eigenvalue weighted by molar-refractivity contribution is 5.79. The summed E-state index contributed by atoms with van der Waals surface area (Å²) in [5.74, 6) is 1.35. The van der Waals surface area contributed by atoms with Crippen LogP contribution in [-0.2, 0) is 20.7 Å². The number of nitrogens with zero attached hydrogens (tertiary/aromatic N) is 1. The van der Waals surface area contributed by atoms with E-state index < -0.39 is 5.41 Å². The summed E-state index contributed by atoms with van der Waals surface area (Å²) < 4.78 is 11.5. The number of rotatable bonds is 2. The molecule has 1 spiro atoms. The average Bonchev–Trinajstić information content (AvgIpc) is 2.68. The molecule has 0 radical (unpaired) electrons. The zero-order chi connectivity index (χ0) is 20.0. The normalized spacial score (nSPS) is 20.5. The van der Waals surface area contributed by atoms with Crippen molar-refractivity contribution in [2.45, 2.75) is 58.8 Å². The molecule has 154 valence electrons. The molecule has 1 aromatic rings. The molecule has 0 aromatic heterocycles. The number of hydrogen-bond donors (Lipinski definition) is 0. The third kappa shape index (κ3) is 5.06. The van der Waals surface area contributed by atoms with Gasteiger partial charge in [-0.1, -0.05) is 38.5 Å². The van der Waals surface area contributed by atoms with Crippen molar-refractivity contribution in [1.82, 2.24) is 4.90 Å². The molecule has 1 amide bonds. The number of benzene rings is 1. The number of carbonyl (C=O) groups excluding carboxylic acids is 2. The van der Waals surface area contributed by atoms with E-state index in [0.717, 1.165) is 31.4 Å². The maximum atomic E-state index is 12.9. The maximum Gasteiger partial charge on any atom is 0.312 e. The number of carbonyl (C=O) groups is 2. The predicted molar refractivity (Wildman–Crippen MR) is 108 cm³/mol. The van der Waals surface area contributed by atoms with E-state index in [-0.39, 0.29) is 18.5 Å². The van der Waals surface area contributed by atoms with E-state index >= 15 is 0 Å². The quantitative estimate of drug-likeness (QED) is 0.720. The van der Waals surface area contributed by atoms with Crippen molar-refractivity contribution in [3.63, 3.8) is 0 Å². The second-order valence-electron chi connectivity index (χ2n) is 8.56. The lowest BCUT2D eigenvalue weighted by atomic mass is 9.74. The molecule has 0 saturated carbocycles. The summed E-state index contributed by atoms with van der Waals surface area (Å²) in [6.45, 7) is 6.07. The van der Waals surface area contributed by atoms with E-state index in [9.17, 15) is 9.59 Å². The van der Waals surface area contributed by atoms with Crippen LogP contribution < -0.4 is 4.74 Å². The molecule has 0 bridgehead atoms. The Morgan fingerprint density at radius 1 is 1.07 bits per heavy atom. The van der Waals surface area contributed by atoms with Gasteiger partial charge in [-0.2, -0.15) is 0 Å². The van der Waals surface area contributed by atoms with Crippen molar-refractivity contribution in [1.29, 1.82) is 0 Å². The first-order valence-electron chi connectivity index (χ1n) is 10.7. The lowest BCUT2D eigenvalue weighted by Crippen LogP contribution is -2.47. The number of hydrogen-bond acceptors (Lipinski definition) is 4. The van der Waals surface area contributed by atoms with Crippen LogP contribution in [0.15, 0.2) is 24.3 Å². The van der Waals surface area contributed by atoms with Crippen LogP contribution in [-0.4, -0.2) is 43.1 Å². The lowest BCUT2D eigenvalue weighted by Gasteiger charge is -2.40. The number of ether oxygens (including phenoxy) is 2. The van der Waals surface area contributed by atoms with E-state index in [1.807, 2.05) is 23.1 Å². The average molecular weight is 388 g/mol. The summed E-state index contributed by atoms with van der Waals surface area (Å²) in [7, 11) is 0. The molecule has 2 aliphatic heterocycles. The monoisotopic (exact) mass is 387 g/mol. The number of para-hydroxylation sites is 1. The van der Waals surface area contributed by atoms with E-state index in [0.29, 0.717) is 44.9 Å². The highest BCUT2D eigenvalue weighted by Crippen LogP contribution is 2.39. The molecule has 2 aliphatic rings. The molecule has 0 aliphatic carbocycles. The van der Waals surface area contributed by atoms with E-state index in [1.165, 1.54) is 5.56 Å². The molecule has 5 nitrogen and oxygen atoms in total. The van der Waals surface area contributed by atoms with Gasteiger partial charge in [0.2, 0.25) is 5.91 Å². The fourth-order valence-electron chi connectivity index (χ4n) is 4.29. The second kappa shape index (κ2) is 9.44. The minimum Gasteiger partial charge on any atom is -0.490 e. The van der Waals surface area contributed by atoms with Gasteiger partial charge < -0.3 is 14.4 Å². The Hall–Kier alpha value is -2.04. The zero-order valence-electron chi connectivity index (χ0n) is 17.2.